The van der Waals surface area contributed by atoms with Crippen molar-refractivity contribution >= 4 is 17.7 Å². The molecule has 2 aliphatic carbocycles. The fourth-order valence-electron chi connectivity index (χ4n) is 5.39. The first kappa shape index (κ1) is 23.1. The fraction of sp³-hybridized carbons (Fsp3) is 0.500. The summed E-state index contributed by atoms with van der Waals surface area (Å²) in [6, 6.07) is 6.55. The van der Waals surface area contributed by atoms with Gasteiger partial charge in [0.15, 0.2) is 5.78 Å². The summed E-state index contributed by atoms with van der Waals surface area (Å²) in [5.74, 6) is -3.29. The second kappa shape index (κ2) is 9.41. The number of benzene rings is 1. The van der Waals surface area contributed by atoms with E-state index in [2.05, 4.69) is 5.32 Å². The van der Waals surface area contributed by atoms with Gasteiger partial charge in [0.2, 0.25) is 0 Å². The van der Waals surface area contributed by atoms with Crippen LogP contribution in [0, 0.1) is 11.8 Å². The average molecular weight is 454 g/mol. The van der Waals surface area contributed by atoms with Gasteiger partial charge in [-0.05, 0) is 62.6 Å². The lowest BCUT2D eigenvalue weighted by Gasteiger charge is -2.38. The molecular weight excluding hydrogens is 422 g/mol. The number of dihydropyridines is 1. The van der Waals surface area contributed by atoms with Gasteiger partial charge in [-0.25, -0.2) is 4.79 Å². The van der Waals surface area contributed by atoms with Crippen molar-refractivity contribution in [2.75, 3.05) is 7.11 Å². The summed E-state index contributed by atoms with van der Waals surface area (Å²) < 4.78 is 10.8. The van der Waals surface area contributed by atoms with E-state index in [0.717, 1.165) is 32.1 Å². The van der Waals surface area contributed by atoms with Crippen molar-refractivity contribution in [3.8, 4) is 5.75 Å². The highest BCUT2D eigenvalue weighted by Crippen LogP contribution is 2.46. The number of aromatic hydroxyl groups is 1. The number of Topliss-reactive ketones (excluding diaryl/α,β-unsaturated/α-hetero) is 1. The Balaban J connectivity index is 1.78. The molecule has 2 N–H and O–H groups in total. The molecule has 0 saturated heterocycles. The number of methoxy groups -OCH3 is 1. The minimum Gasteiger partial charge on any atom is -0.508 e. The first-order valence-electron chi connectivity index (χ1n) is 11.6. The molecule has 7 nitrogen and oxygen atoms in total. The van der Waals surface area contributed by atoms with E-state index in [9.17, 15) is 19.5 Å². The summed E-state index contributed by atoms with van der Waals surface area (Å²) in [6.07, 6.45) is 5.18. The summed E-state index contributed by atoms with van der Waals surface area (Å²) >= 11 is 0. The molecule has 176 valence electrons. The van der Waals surface area contributed by atoms with Crippen molar-refractivity contribution in [2.24, 2.45) is 11.8 Å². The van der Waals surface area contributed by atoms with E-state index in [1.54, 1.807) is 31.2 Å². The Morgan fingerprint density at radius 1 is 1.15 bits per heavy atom. The molecule has 1 aromatic carbocycles. The van der Waals surface area contributed by atoms with Gasteiger partial charge in [-0.3, -0.25) is 9.59 Å². The third-order valence-corrected chi connectivity index (χ3v) is 6.99. The maximum atomic E-state index is 13.7. The lowest BCUT2D eigenvalue weighted by molar-refractivity contribution is -0.151. The predicted octanol–water partition coefficient (Wildman–Crippen LogP) is 3.88. The number of ether oxygens (including phenoxy) is 2. The Morgan fingerprint density at radius 3 is 2.55 bits per heavy atom. The van der Waals surface area contributed by atoms with Crippen LogP contribution in [0.3, 0.4) is 0 Å². The highest BCUT2D eigenvalue weighted by atomic mass is 16.5. The fourth-order valence-corrected chi connectivity index (χ4v) is 5.39. The molecule has 0 aromatic heterocycles. The molecule has 4 rings (SSSR count). The van der Waals surface area contributed by atoms with E-state index in [1.165, 1.54) is 7.11 Å². The Hall–Kier alpha value is -3.09. The molecule has 1 heterocycles. The quantitative estimate of drug-likeness (QED) is 0.527. The normalized spacial score (nSPS) is 25.9. The van der Waals surface area contributed by atoms with Crippen molar-refractivity contribution in [3.05, 3.63) is 52.4 Å². The van der Waals surface area contributed by atoms with E-state index >= 15 is 0 Å². The van der Waals surface area contributed by atoms with Crippen molar-refractivity contribution < 1.29 is 29.0 Å². The third-order valence-electron chi connectivity index (χ3n) is 6.99. The molecule has 7 heteroatoms. The highest BCUT2D eigenvalue weighted by molar-refractivity contribution is 6.12. The molecule has 0 spiro atoms. The molecule has 1 aromatic rings. The Labute approximate surface area is 193 Å². The number of rotatable bonds is 4. The molecule has 1 fully saturated rings. The van der Waals surface area contributed by atoms with Gasteiger partial charge >= 0.3 is 11.9 Å². The number of hydrogen-bond acceptors (Lipinski definition) is 7. The van der Waals surface area contributed by atoms with Gasteiger partial charge in [0.25, 0.3) is 0 Å². The summed E-state index contributed by atoms with van der Waals surface area (Å²) in [4.78, 5) is 39.6. The maximum absolute atomic E-state index is 13.7. The molecule has 3 atom stereocenters. The molecule has 1 aliphatic heterocycles. The first-order chi connectivity index (χ1) is 15.8. The van der Waals surface area contributed by atoms with Gasteiger partial charge in [-0.15, -0.1) is 0 Å². The number of allylic oxidation sites excluding steroid dienone is 3. The van der Waals surface area contributed by atoms with Gasteiger partial charge in [-0.1, -0.05) is 25.5 Å². The summed E-state index contributed by atoms with van der Waals surface area (Å²) in [6.45, 7) is 3.65. The smallest absolute Gasteiger partial charge is 0.337 e. The number of hydrogen-bond donors (Lipinski definition) is 2. The van der Waals surface area contributed by atoms with E-state index in [-0.39, 0.29) is 23.6 Å². The number of ketones is 1. The molecule has 0 radical (unpaired) electrons. The van der Waals surface area contributed by atoms with E-state index < -0.39 is 23.8 Å². The second-order valence-corrected chi connectivity index (χ2v) is 9.30. The number of carbonyl (C=O) groups excluding carboxylic acids is 3. The van der Waals surface area contributed by atoms with Crippen molar-refractivity contribution in [2.45, 2.75) is 64.4 Å². The minimum atomic E-state index is -0.940. The first-order valence-corrected chi connectivity index (χ1v) is 11.6. The molecule has 0 unspecified atom stereocenters. The largest absolute Gasteiger partial charge is 0.508 e. The molecule has 3 aliphatic rings. The molecule has 0 amide bonds. The average Bonchev–Trinajstić information content (AvgIpc) is 2.78. The summed E-state index contributed by atoms with van der Waals surface area (Å²) in [7, 11) is 1.27. The van der Waals surface area contributed by atoms with Gasteiger partial charge in [0, 0.05) is 22.9 Å². The van der Waals surface area contributed by atoms with Crippen LogP contribution in [0.15, 0.2) is 46.8 Å². The van der Waals surface area contributed by atoms with E-state index in [0.29, 0.717) is 34.5 Å². The number of phenols is 1. The van der Waals surface area contributed by atoms with Gasteiger partial charge in [0.05, 0.1) is 12.7 Å². The number of carbonyl (C=O) groups is 3. The van der Waals surface area contributed by atoms with Gasteiger partial charge < -0.3 is 19.9 Å². The third kappa shape index (κ3) is 4.41. The SMILES string of the molecule is COC(=O)[C@@H]1C(=O)C2=C(C[C@H]1C)NC(C)=C(C(=O)OC1CCCCC1)[C@H]2c1cccc(O)c1. The number of phenolic OH excluding ortho intramolecular Hbond substituents is 1. The van der Waals surface area contributed by atoms with Crippen LogP contribution in [0.4, 0.5) is 0 Å². The van der Waals surface area contributed by atoms with E-state index in [1.807, 2.05) is 6.92 Å². The van der Waals surface area contributed by atoms with Gasteiger partial charge in [0.1, 0.15) is 17.8 Å². The van der Waals surface area contributed by atoms with Crippen molar-refractivity contribution in [1.29, 1.82) is 0 Å². The second-order valence-electron chi connectivity index (χ2n) is 9.30. The lowest BCUT2D eigenvalue weighted by atomic mass is 9.69. The topological polar surface area (TPSA) is 102 Å². The van der Waals surface area contributed by atoms with Crippen LogP contribution in [0.25, 0.3) is 0 Å². The van der Waals surface area contributed by atoms with Crippen LogP contribution in [-0.2, 0) is 23.9 Å². The van der Waals surface area contributed by atoms with Crippen LogP contribution in [0.2, 0.25) is 0 Å². The molecule has 33 heavy (non-hydrogen) atoms. The highest BCUT2D eigenvalue weighted by Gasteiger charge is 2.47. The van der Waals surface area contributed by atoms with Crippen LogP contribution in [0.5, 0.6) is 5.75 Å². The van der Waals surface area contributed by atoms with Crippen molar-refractivity contribution in [3.63, 3.8) is 0 Å². The van der Waals surface area contributed by atoms with Crippen LogP contribution in [-0.4, -0.2) is 36.0 Å². The zero-order valence-electron chi connectivity index (χ0n) is 19.3. The maximum Gasteiger partial charge on any atom is 0.337 e. The molecule has 0 bridgehead atoms. The Bertz CT molecular complexity index is 1030. The van der Waals surface area contributed by atoms with Gasteiger partial charge in [-0.2, -0.15) is 0 Å². The van der Waals surface area contributed by atoms with E-state index in [4.69, 9.17) is 9.47 Å². The standard InChI is InChI=1S/C26H31NO6/c1-14-12-19-23(24(29)20(14)25(30)32-3)22(16-8-7-9-17(28)13-16)21(15(2)27-19)26(31)33-18-10-5-4-6-11-18/h7-9,13-14,18,20,22,27-28H,4-6,10-12H2,1-3H3/t14-,20+,22-/m1/s1. The zero-order chi connectivity index (χ0) is 23.7. The molecular formula is C26H31NO6. The number of nitrogens with one attached hydrogen (secondary N) is 1. The van der Waals surface area contributed by atoms with Crippen LogP contribution >= 0.6 is 0 Å². The minimum absolute atomic E-state index is 0.0342. The van der Waals surface area contributed by atoms with Crippen molar-refractivity contribution in [1.82, 2.24) is 5.32 Å². The lowest BCUT2D eigenvalue weighted by Crippen LogP contribution is -2.43. The monoisotopic (exact) mass is 453 g/mol. The zero-order valence-corrected chi connectivity index (χ0v) is 19.3. The summed E-state index contributed by atoms with van der Waals surface area (Å²) in [5.41, 5.74) is 2.64. The Kier molecular flexibility index (Phi) is 6.58. The molecule has 1 saturated carbocycles. The Morgan fingerprint density at radius 2 is 1.88 bits per heavy atom. The van der Waals surface area contributed by atoms with Crippen LogP contribution in [0.1, 0.15) is 63.9 Å². The predicted molar refractivity (Wildman–Crippen MR) is 121 cm³/mol. The van der Waals surface area contributed by atoms with Crippen LogP contribution < -0.4 is 5.32 Å². The number of esters is 2. The summed E-state index contributed by atoms with van der Waals surface area (Å²) in [5, 5.41) is 13.4.